The van der Waals surface area contributed by atoms with Gasteiger partial charge in [-0.25, -0.2) is 0 Å². The maximum absolute atomic E-state index is 6.00. The van der Waals surface area contributed by atoms with Gasteiger partial charge in [-0.2, -0.15) is 0 Å². The van der Waals surface area contributed by atoms with Crippen molar-refractivity contribution in [1.82, 2.24) is 14.8 Å². The molecule has 140 valence electrons. The van der Waals surface area contributed by atoms with Crippen molar-refractivity contribution in [3.05, 3.63) is 63.5 Å². The maximum atomic E-state index is 6.00. The Morgan fingerprint density at radius 3 is 2.70 bits per heavy atom. The first kappa shape index (κ1) is 17.1. The van der Waals surface area contributed by atoms with Gasteiger partial charge in [0.15, 0.2) is 5.82 Å². The molecule has 0 bridgehead atoms. The molecule has 0 atom stereocenters. The van der Waals surface area contributed by atoms with Crippen molar-refractivity contribution in [2.75, 3.05) is 13.2 Å². The van der Waals surface area contributed by atoms with Gasteiger partial charge in [0.1, 0.15) is 17.4 Å². The summed E-state index contributed by atoms with van der Waals surface area (Å²) in [6, 6.07) is 10.7. The molecule has 5 nitrogen and oxygen atoms in total. The Balaban J connectivity index is 1.66. The molecule has 5 rings (SSSR count). The molecule has 0 saturated carbocycles. The van der Waals surface area contributed by atoms with Gasteiger partial charge in [0, 0.05) is 23.7 Å². The van der Waals surface area contributed by atoms with Gasteiger partial charge >= 0.3 is 0 Å². The molecule has 0 unspecified atom stereocenters. The molecule has 6 heteroatoms. The van der Waals surface area contributed by atoms with Crippen LogP contribution in [0, 0.1) is 6.92 Å². The zero-order chi connectivity index (χ0) is 18.2. The van der Waals surface area contributed by atoms with Crippen LogP contribution in [0.5, 0.6) is 0 Å². The molecule has 1 aromatic carbocycles. The van der Waals surface area contributed by atoms with Gasteiger partial charge in [-0.3, -0.25) is 4.57 Å². The standard InChI is InChI=1S/C21H23N3O2S/c1-14-22-23-19-13-26-12-18-17(11-15-5-3-2-4-6-15)20(27-21(18)24(14)19)16-7-9-25-10-8-16/h2-6,16H,7-13H2,1H3. The molecule has 27 heavy (non-hydrogen) atoms. The highest BCUT2D eigenvalue weighted by atomic mass is 32.1. The second-order valence-electron chi connectivity index (χ2n) is 7.27. The number of hydrogen-bond acceptors (Lipinski definition) is 5. The fourth-order valence-corrected chi connectivity index (χ4v) is 5.69. The van der Waals surface area contributed by atoms with Crippen LogP contribution in [-0.4, -0.2) is 28.0 Å². The number of thiophene rings is 1. The molecule has 4 heterocycles. The fraction of sp³-hybridized carbons (Fsp3) is 0.429. The molecule has 0 radical (unpaired) electrons. The third kappa shape index (κ3) is 3.12. The Hall–Kier alpha value is -2.02. The van der Waals surface area contributed by atoms with Crippen LogP contribution in [0.15, 0.2) is 30.3 Å². The van der Waals surface area contributed by atoms with E-state index in [9.17, 15) is 0 Å². The van der Waals surface area contributed by atoms with E-state index in [-0.39, 0.29) is 0 Å². The summed E-state index contributed by atoms with van der Waals surface area (Å²) in [7, 11) is 0. The molecular formula is C21H23N3O2S. The van der Waals surface area contributed by atoms with Gasteiger partial charge in [-0.1, -0.05) is 30.3 Å². The van der Waals surface area contributed by atoms with Crippen molar-refractivity contribution in [1.29, 1.82) is 0 Å². The van der Waals surface area contributed by atoms with Crippen molar-refractivity contribution in [3.63, 3.8) is 0 Å². The van der Waals surface area contributed by atoms with E-state index in [4.69, 9.17) is 9.47 Å². The fourth-order valence-electron chi connectivity index (χ4n) is 4.13. The highest BCUT2D eigenvalue weighted by Gasteiger charge is 2.29. The van der Waals surface area contributed by atoms with Crippen LogP contribution >= 0.6 is 11.3 Å². The third-order valence-corrected chi connectivity index (χ3v) is 6.94. The molecule has 3 aromatic rings. The van der Waals surface area contributed by atoms with Crippen LogP contribution in [0.1, 0.15) is 52.0 Å². The molecule has 2 aliphatic heterocycles. The molecule has 0 aliphatic carbocycles. The Kier molecular flexibility index (Phi) is 4.55. The molecule has 2 aliphatic rings. The van der Waals surface area contributed by atoms with Gasteiger partial charge < -0.3 is 9.47 Å². The second kappa shape index (κ2) is 7.19. The average molecular weight is 382 g/mol. The summed E-state index contributed by atoms with van der Waals surface area (Å²) in [5.74, 6) is 2.40. The summed E-state index contributed by atoms with van der Waals surface area (Å²) in [6.07, 6.45) is 3.13. The Morgan fingerprint density at radius 2 is 1.89 bits per heavy atom. The predicted molar refractivity (Wildman–Crippen MR) is 105 cm³/mol. The van der Waals surface area contributed by atoms with Crippen LogP contribution in [0.25, 0.3) is 5.00 Å². The summed E-state index contributed by atoms with van der Waals surface area (Å²) in [5.41, 5.74) is 4.09. The first-order valence-electron chi connectivity index (χ1n) is 9.56. The average Bonchev–Trinajstić information content (AvgIpc) is 3.18. The van der Waals surface area contributed by atoms with E-state index < -0.39 is 0 Å². The number of fused-ring (bicyclic) bond motifs is 3. The first-order chi connectivity index (χ1) is 13.3. The summed E-state index contributed by atoms with van der Waals surface area (Å²) < 4.78 is 13.8. The van der Waals surface area contributed by atoms with E-state index in [0.717, 1.165) is 44.1 Å². The lowest BCUT2D eigenvalue weighted by molar-refractivity contribution is 0.0857. The number of rotatable bonds is 3. The minimum atomic E-state index is 0.514. The van der Waals surface area contributed by atoms with Crippen LogP contribution < -0.4 is 0 Å². The van der Waals surface area contributed by atoms with Crippen LogP contribution in [0.2, 0.25) is 0 Å². The lowest BCUT2D eigenvalue weighted by atomic mass is 9.91. The lowest BCUT2D eigenvalue weighted by Gasteiger charge is -2.22. The van der Waals surface area contributed by atoms with Gasteiger partial charge in [-0.05, 0) is 43.2 Å². The van der Waals surface area contributed by atoms with Crippen molar-refractivity contribution >= 4 is 11.3 Å². The van der Waals surface area contributed by atoms with E-state index in [0.29, 0.717) is 19.1 Å². The summed E-state index contributed by atoms with van der Waals surface area (Å²) >= 11 is 1.91. The number of nitrogens with zero attached hydrogens (tertiary/aromatic N) is 3. The van der Waals surface area contributed by atoms with Crippen LogP contribution in [0.4, 0.5) is 0 Å². The van der Waals surface area contributed by atoms with Crippen LogP contribution in [0.3, 0.4) is 0 Å². The van der Waals surface area contributed by atoms with Crippen molar-refractivity contribution < 1.29 is 9.47 Å². The molecule has 1 saturated heterocycles. The number of hydrogen-bond donors (Lipinski definition) is 0. The second-order valence-corrected chi connectivity index (χ2v) is 8.30. The van der Waals surface area contributed by atoms with Crippen molar-refractivity contribution in [3.8, 4) is 5.00 Å². The zero-order valence-corrected chi connectivity index (χ0v) is 16.3. The minimum absolute atomic E-state index is 0.514. The third-order valence-electron chi connectivity index (χ3n) is 5.51. The van der Waals surface area contributed by atoms with E-state index in [1.807, 2.05) is 18.3 Å². The van der Waals surface area contributed by atoms with Gasteiger partial charge in [-0.15, -0.1) is 21.5 Å². The Bertz CT molecular complexity index is 942. The highest BCUT2D eigenvalue weighted by Crippen LogP contribution is 2.43. The van der Waals surface area contributed by atoms with E-state index in [1.165, 1.54) is 26.6 Å². The maximum Gasteiger partial charge on any atom is 0.164 e. The van der Waals surface area contributed by atoms with Crippen molar-refractivity contribution in [2.45, 2.75) is 45.3 Å². The molecule has 0 amide bonds. The number of ether oxygens (including phenoxy) is 2. The Morgan fingerprint density at radius 1 is 1.07 bits per heavy atom. The summed E-state index contributed by atoms with van der Waals surface area (Å²) in [5, 5.41) is 9.87. The first-order valence-corrected chi connectivity index (χ1v) is 10.4. The number of aryl methyl sites for hydroxylation is 1. The quantitative estimate of drug-likeness (QED) is 0.684. The molecular weight excluding hydrogens is 358 g/mol. The molecule has 0 N–H and O–H groups in total. The minimum Gasteiger partial charge on any atom is -0.381 e. The predicted octanol–water partition coefficient (Wildman–Crippen LogP) is 4.15. The van der Waals surface area contributed by atoms with Gasteiger partial charge in [0.2, 0.25) is 0 Å². The van der Waals surface area contributed by atoms with Crippen molar-refractivity contribution in [2.24, 2.45) is 0 Å². The summed E-state index contributed by atoms with van der Waals surface area (Å²) in [4.78, 5) is 1.50. The molecule has 2 aromatic heterocycles. The molecule has 0 spiro atoms. The van der Waals surface area contributed by atoms with E-state index in [1.54, 1.807) is 0 Å². The normalized spacial score (nSPS) is 17.4. The number of aromatic nitrogens is 3. The smallest absolute Gasteiger partial charge is 0.164 e. The van der Waals surface area contributed by atoms with E-state index in [2.05, 4.69) is 45.1 Å². The van der Waals surface area contributed by atoms with E-state index >= 15 is 0 Å². The number of benzene rings is 1. The monoisotopic (exact) mass is 381 g/mol. The van der Waals surface area contributed by atoms with Gasteiger partial charge in [0.25, 0.3) is 0 Å². The lowest BCUT2D eigenvalue weighted by Crippen LogP contribution is -2.14. The van der Waals surface area contributed by atoms with Gasteiger partial charge in [0.05, 0.1) is 6.61 Å². The largest absolute Gasteiger partial charge is 0.381 e. The Labute approximate surface area is 163 Å². The topological polar surface area (TPSA) is 49.2 Å². The highest BCUT2D eigenvalue weighted by molar-refractivity contribution is 7.15. The summed E-state index contributed by atoms with van der Waals surface area (Å²) in [6.45, 7) is 4.88. The molecule has 1 fully saturated rings. The SMILES string of the molecule is Cc1nnc2n1-c1sc(C3CCOCC3)c(Cc3ccccc3)c1COC2. The van der Waals surface area contributed by atoms with Crippen LogP contribution in [-0.2, 0) is 29.1 Å². The zero-order valence-electron chi connectivity index (χ0n) is 15.5.